The Morgan fingerprint density at radius 1 is 1.38 bits per heavy atom. The maximum atomic E-state index is 12.2. The minimum Gasteiger partial charge on any atom is -0.276 e. The van der Waals surface area contributed by atoms with E-state index in [1.165, 1.54) is 12.1 Å². The van der Waals surface area contributed by atoms with E-state index in [-0.39, 0.29) is 11.4 Å². The highest BCUT2D eigenvalue weighted by Crippen LogP contribution is 2.16. The number of aromatic nitrogens is 2. The van der Waals surface area contributed by atoms with Gasteiger partial charge in [-0.3, -0.25) is 4.68 Å². The van der Waals surface area contributed by atoms with Crippen molar-refractivity contribution < 1.29 is 8.42 Å². The predicted molar refractivity (Wildman–Crippen MR) is 78.0 cm³/mol. The molecule has 0 atom stereocenters. The number of rotatable bonds is 5. The molecule has 1 N–H and O–H groups in total. The fourth-order valence-corrected chi connectivity index (χ4v) is 3.26. The molecular weight excluding hydrogens is 288 g/mol. The molecular formula is C14H16N4O2S. The van der Waals surface area contributed by atoms with Gasteiger partial charge in [-0.2, -0.15) is 10.4 Å². The van der Waals surface area contributed by atoms with Crippen molar-refractivity contribution in [3.63, 3.8) is 0 Å². The normalized spacial score (nSPS) is 11.3. The van der Waals surface area contributed by atoms with Crippen LogP contribution in [0.1, 0.15) is 16.8 Å². The third kappa shape index (κ3) is 3.68. The Kier molecular flexibility index (Phi) is 4.40. The van der Waals surface area contributed by atoms with Gasteiger partial charge in [-0.25, -0.2) is 13.1 Å². The van der Waals surface area contributed by atoms with Crippen molar-refractivity contribution in [1.29, 1.82) is 5.26 Å². The quantitative estimate of drug-likeness (QED) is 0.896. The van der Waals surface area contributed by atoms with Crippen molar-refractivity contribution in [2.75, 3.05) is 6.54 Å². The summed E-state index contributed by atoms with van der Waals surface area (Å²) in [5, 5.41) is 13.0. The first-order valence-corrected chi connectivity index (χ1v) is 7.89. The van der Waals surface area contributed by atoms with Crippen LogP contribution in [0.4, 0.5) is 0 Å². The van der Waals surface area contributed by atoms with E-state index in [0.717, 1.165) is 5.69 Å². The van der Waals surface area contributed by atoms with Crippen molar-refractivity contribution in [2.24, 2.45) is 7.05 Å². The zero-order valence-electron chi connectivity index (χ0n) is 11.9. The molecule has 0 saturated carbocycles. The zero-order valence-corrected chi connectivity index (χ0v) is 12.7. The molecule has 0 aliphatic carbocycles. The zero-order chi connectivity index (χ0) is 15.5. The number of aryl methyl sites for hydroxylation is 2. The summed E-state index contributed by atoms with van der Waals surface area (Å²) < 4.78 is 28.7. The van der Waals surface area contributed by atoms with Gasteiger partial charge in [0.15, 0.2) is 0 Å². The Morgan fingerprint density at radius 3 is 2.71 bits per heavy atom. The van der Waals surface area contributed by atoms with Gasteiger partial charge in [0, 0.05) is 26.2 Å². The maximum absolute atomic E-state index is 12.2. The third-order valence-electron chi connectivity index (χ3n) is 3.04. The average Bonchev–Trinajstić information content (AvgIpc) is 2.83. The lowest BCUT2D eigenvalue weighted by molar-refractivity contribution is 0.580. The van der Waals surface area contributed by atoms with E-state index in [9.17, 15) is 8.42 Å². The molecule has 0 amide bonds. The number of nitrogens with zero attached hydrogens (tertiary/aromatic N) is 3. The van der Waals surface area contributed by atoms with E-state index in [0.29, 0.717) is 17.5 Å². The molecule has 6 nitrogen and oxygen atoms in total. The molecule has 2 aromatic rings. The Bertz CT molecular complexity index is 788. The van der Waals surface area contributed by atoms with Crippen LogP contribution in [-0.2, 0) is 23.5 Å². The second-order valence-electron chi connectivity index (χ2n) is 4.72. The van der Waals surface area contributed by atoms with Crippen LogP contribution < -0.4 is 4.72 Å². The molecule has 1 aromatic carbocycles. The third-order valence-corrected chi connectivity index (χ3v) is 4.66. The van der Waals surface area contributed by atoms with Gasteiger partial charge < -0.3 is 0 Å². The Hall–Kier alpha value is -2.17. The summed E-state index contributed by atoms with van der Waals surface area (Å²) in [5.41, 5.74) is 1.83. The summed E-state index contributed by atoms with van der Waals surface area (Å²) in [6, 6.07) is 8.35. The van der Waals surface area contributed by atoms with E-state index in [1.54, 1.807) is 17.7 Å². The number of sulfonamides is 1. The molecule has 1 heterocycles. The van der Waals surface area contributed by atoms with Crippen molar-refractivity contribution >= 4 is 10.0 Å². The maximum Gasteiger partial charge on any atom is 0.240 e. The highest BCUT2D eigenvalue weighted by atomic mass is 32.2. The molecule has 0 unspecified atom stereocenters. The molecule has 21 heavy (non-hydrogen) atoms. The lowest BCUT2D eigenvalue weighted by atomic mass is 10.2. The molecule has 1 aromatic heterocycles. The fraction of sp³-hybridized carbons (Fsp3) is 0.286. The van der Waals surface area contributed by atoms with Crippen LogP contribution in [0.15, 0.2) is 35.4 Å². The second kappa shape index (κ2) is 6.08. The highest BCUT2D eigenvalue weighted by Gasteiger charge is 2.16. The van der Waals surface area contributed by atoms with Gasteiger partial charge in [0.2, 0.25) is 10.0 Å². The first-order chi connectivity index (χ1) is 9.92. The summed E-state index contributed by atoms with van der Waals surface area (Å²) in [6.45, 7) is 1.95. The number of nitriles is 1. The van der Waals surface area contributed by atoms with Crippen LogP contribution in [-0.4, -0.2) is 24.7 Å². The Labute approximate surface area is 124 Å². The minimum absolute atomic E-state index is 0.197. The standard InChI is InChI=1S/C14H16N4O2S/c1-11-9-12(10-15)3-4-14(11)21(19,20)16-7-5-13-6-8-18(2)17-13/h3-4,6,8-9,16H,5,7H2,1-2H3. The topological polar surface area (TPSA) is 87.8 Å². The molecule has 0 aliphatic rings. The Morgan fingerprint density at radius 2 is 2.14 bits per heavy atom. The molecule has 0 aliphatic heterocycles. The van der Waals surface area contributed by atoms with Crippen molar-refractivity contribution in [3.05, 3.63) is 47.3 Å². The SMILES string of the molecule is Cc1cc(C#N)ccc1S(=O)(=O)NCCc1ccn(C)n1. The van der Waals surface area contributed by atoms with Crippen LogP contribution in [0, 0.1) is 18.3 Å². The minimum atomic E-state index is -3.57. The molecule has 0 saturated heterocycles. The van der Waals surface area contributed by atoms with Gasteiger partial charge in [0.05, 0.1) is 22.2 Å². The van der Waals surface area contributed by atoms with Gasteiger partial charge in [0.25, 0.3) is 0 Å². The van der Waals surface area contributed by atoms with Crippen LogP contribution >= 0.6 is 0 Å². The summed E-state index contributed by atoms with van der Waals surface area (Å²) in [6.07, 6.45) is 2.34. The first kappa shape index (κ1) is 15.2. The van der Waals surface area contributed by atoms with Gasteiger partial charge in [0.1, 0.15) is 0 Å². The number of benzene rings is 1. The largest absolute Gasteiger partial charge is 0.276 e. The molecule has 2 rings (SSSR count). The van der Waals surface area contributed by atoms with Gasteiger partial charge in [-0.05, 0) is 36.8 Å². The van der Waals surface area contributed by atoms with E-state index in [1.807, 2.05) is 25.4 Å². The number of hydrogen-bond acceptors (Lipinski definition) is 4. The van der Waals surface area contributed by atoms with Crippen molar-refractivity contribution in [3.8, 4) is 6.07 Å². The molecule has 0 bridgehead atoms. The summed E-state index contributed by atoms with van der Waals surface area (Å²) in [4.78, 5) is 0.197. The van der Waals surface area contributed by atoms with E-state index >= 15 is 0 Å². The van der Waals surface area contributed by atoms with Crippen molar-refractivity contribution in [2.45, 2.75) is 18.2 Å². The summed E-state index contributed by atoms with van der Waals surface area (Å²) in [7, 11) is -1.76. The summed E-state index contributed by atoms with van der Waals surface area (Å²) >= 11 is 0. The van der Waals surface area contributed by atoms with Crippen LogP contribution in [0.2, 0.25) is 0 Å². The van der Waals surface area contributed by atoms with Crippen LogP contribution in [0.3, 0.4) is 0 Å². The fourth-order valence-electron chi connectivity index (χ4n) is 2.01. The second-order valence-corrected chi connectivity index (χ2v) is 6.46. The Balaban J connectivity index is 2.06. The summed E-state index contributed by atoms with van der Waals surface area (Å²) in [5.74, 6) is 0. The van der Waals surface area contributed by atoms with Gasteiger partial charge in [-0.15, -0.1) is 0 Å². The number of nitrogens with one attached hydrogen (secondary N) is 1. The highest BCUT2D eigenvalue weighted by molar-refractivity contribution is 7.89. The predicted octanol–water partition coefficient (Wildman–Crippen LogP) is 1.12. The smallest absolute Gasteiger partial charge is 0.240 e. The molecule has 0 spiro atoms. The molecule has 7 heteroatoms. The average molecular weight is 304 g/mol. The van der Waals surface area contributed by atoms with E-state index in [2.05, 4.69) is 9.82 Å². The van der Waals surface area contributed by atoms with Crippen molar-refractivity contribution in [1.82, 2.24) is 14.5 Å². The number of hydrogen-bond donors (Lipinski definition) is 1. The lowest BCUT2D eigenvalue weighted by Crippen LogP contribution is -2.26. The van der Waals surface area contributed by atoms with Crippen LogP contribution in [0.5, 0.6) is 0 Å². The van der Waals surface area contributed by atoms with E-state index < -0.39 is 10.0 Å². The molecule has 0 radical (unpaired) electrons. The van der Waals surface area contributed by atoms with Crippen LogP contribution in [0.25, 0.3) is 0 Å². The monoisotopic (exact) mass is 304 g/mol. The molecule has 110 valence electrons. The van der Waals surface area contributed by atoms with Gasteiger partial charge in [-0.1, -0.05) is 0 Å². The first-order valence-electron chi connectivity index (χ1n) is 6.41. The lowest BCUT2D eigenvalue weighted by Gasteiger charge is -2.09. The van der Waals surface area contributed by atoms with E-state index in [4.69, 9.17) is 5.26 Å². The molecule has 0 fully saturated rings. The van der Waals surface area contributed by atoms with Gasteiger partial charge >= 0.3 is 0 Å².